The molecule has 3 rings (SSSR count). The molecule has 3 N–H and O–H groups in total. The molecule has 1 aromatic heterocycles. The van der Waals surface area contributed by atoms with E-state index in [4.69, 9.17) is 5.14 Å². The van der Waals surface area contributed by atoms with Gasteiger partial charge < -0.3 is 5.32 Å². The number of nitrogens with two attached hydrogens (primary N) is 1. The number of aryl methyl sites for hydroxylation is 3. The smallest absolute Gasteiger partial charge is 0.238 e. The first kappa shape index (κ1) is 21.1. The number of amides is 1. The van der Waals surface area contributed by atoms with Gasteiger partial charge in [0.1, 0.15) is 0 Å². The van der Waals surface area contributed by atoms with Crippen LogP contribution in [0.3, 0.4) is 0 Å². The molecule has 0 aliphatic carbocycles. The molecule has 0 saturated carbocycles. The number of nitrogens with zero attached hydrogens (tertiary/aromatic N) is 2. The molecule has 0 aliphatic rings. The molecular formula is C20H22N4O3S2. The number of anilines is 1. The van der Waals surface area contributed by atoms with E-state index in [1.807, 2.05) is 36.7 Å². The van der Waals surface area contributed by atoms with E-state index in [1.54, 1.807) is 25.3 Å². The second kappa shape index (κ2) is 8.40. The van der Waals surface area contributed by atoms with E-state index in [-0.39, 0.29) is 16.6 Å². The average molecular weight is 431 g/mol. The van der Waals surface area contributed by atoms with Crippen molar-refractivity contribution in [3.63, 3.8) is 0 Å². The van der Waals surface area contributed by atoms with Crippen LogP contribution in [0.4, 0.5) is 5.69 Å². The Bertz CT molecular complexity index is 1170. The molecule has 0 fully saturated rings. The van der Waals surface area contributed by atoms with Gasteiger partial charge in [-0.3, -0.25) is 9.36 Å². The lowest BCUT2D eigenvalue weighted by atomic mass is 10.1. The lowest BCUT2D eigenvalue weighted by Crippen LogP contribution is -2.17. The van der Waals surface area contributed by atoms with Gasteiger partial charge in [0, 0.05) is 18.1 Å². The number of primary sulfonamides is 1. The number of carbonyl (C=O) groups is 1. The number of imidazole rings is 1. The molecule has 0 spiro atoms. The summed E-state index contributed by atoms with van der Waals surface area (Å²) in [6, 6.07) is 10.8. The summed E-state index contributed by atoms with van der Waals surface area (Å²) < 4.78 is 25.2. The van der Waals surface area contributed by atoms with Crippen LogP contribution in [0, 0.1) is 20.8 Å². The Morgan fingerprint density at radius 1 is 1.14 bits per heavy atom. The van der Waals surface area contributed by atoms with Gasteiger partial charge in [0.15, 0.2) is 5.16 Å². The lowest BCUT2D eigenvalue weighted by Gasteiger charge is -2.12. The van der Waals surface area contributed by atoms with Crippen LogP contribution < -0.4 is 10.5 Å². The fraction of sp³-hybridized carbons (Fsp3) is 0.200. The van der Waals surface area contributed by atoms with Crippen LogP contribution in [0.2, 0.25) is 0 Å². The zero-order valence-corrected chi connectivity index (χ0v) is 18.0. The molecular weight excluding hydrogens is 408 g/mol. The molecule has 1 amide bonds. The van der Waals surface area contributed by atoms with Crippen molar-refractivity contribution in [3.8, 4) is 5.69 Å². The van der Waals surface area contributed by atoms with Crippen LogP contribution in [-0.4, -0.2) is 29.6 Å². The number of hydrogen-bond donors (Lipinski definition) is 2. The predicted octanol–water partition coefficient (Wildman–Crippen LogP) is 3.18. The minimum Gasteiger partial charge on any atom is -0.325 e. The lowest BCUT2D eigenvalue weighted by molar-refractivity contribution is -0.113. The number of nitrogens with one attached hydrogen (secondary N) is 1. The Morgan fingerprint density at radius 3 is 2.59 bits per heavy atom. The van der Waals surface area contributed by atoms with Crippen molar-refractivity contribution in [1.29, 1.82) is 0 Å². The maximum Gasteiger partial charge on any atom is 0.238 e. The van der Waals surface area contributed by atoms with Crippen molar-refractivity contribution in [3.05, 3.63) is 65.5 Å². The summed E-state index contributed by atoms with van der Waals surface area (Å²) in [4.78, 5) is 16.7. The van der Waals surface area contributed by atoms with E-state index in [0.717, 1.165) is 11.3 Å². The van der Waals surface area contributed by atoms with Gasteiger partial charge >= 0.3 is 0 Å². The topological polar surface area (TPSA) is 107 Å². The molecule has 0 bridgehead atoms. The number of rotatable bonds is 6. The normalized spacial score (nSPS) is 11.4. The fourth-order valence-electron chi connectivity index (χ4n) is 2.97. The van der Waals surface area contributed by atoms with E-state index in [0.29, 0.717) is 16.4 Å². The van der Waals surface area contributed by atoms with Crippen LogP contribution in [0.25, 0.3) is 5.69 Å². The fourth-order valence-corrected chi connectivity index (χ4v) is 4.54. The van der Waals surface area contributed by atoms with E-state index in [2.05, 4.69) is 16.4 Å². The van der Waals surface area contributed by atoms with Gasteiger partial charge in [-0.2, -0.15) is 0 Å². The molecule has 9 heteroatoms. The van der Waals surface area contributed by atoms with E-state index < -0.39 is 10.0 Å². The van der Waals surface area contributed by atoms with Gasteiger partial charge in [-0.1, -0.05) is 35.5 Å². The molecule has 0 unspecified atom stereocenters. The molecule has 7 nitrogen and oxygen atoms in total. The van der Waals surface area contributed by atoms with Gasteiger partial charge in [0.25, 0.3) is 0 Å². The van der Waals surface area contributed by atoms with Gasteiger partial charge in [-0.15, -0.1) is 0 Å². The highest BCUT2D eigenvalue weighted by Crippen LogP contribution is 2.24. The highest BCUT2D eigenvalue weighted by Gasteiger charge is 2.14. The second-order valence-electron chi connectivity index (χ2n) is 6.73. The Morgan fingerprint density at radius 2 is 1.90 bits per heavy atom. The zero-order valence-electron chi connectivity index (χ0n) is 16.3. The van der Waals surface area contributed by atoms with E-state index in [1.165, 1.54) is 23.4 Å². The Hall–Kier alpha value is -2.62. The van der Waals surface area contributed by atoms with Crippen LogP contribution in [0.15, 0.2) is 58.8 Å². The van der Waals surface area contributed by atoms with E-state index >= 15 is 0 Å². The van der Waals surface area contributed by atoms with Crippen molar-refractivity contribution in [2.75, 3.05) is 11.1 Å². The summed E-state index contributed by atoms with van der Waals surface area (Å²) in [5, 5.41) is 8.62. The highest BCUT2D eigenvalue weighted by molar-refractivity contribution is 7.99. The minimum atomic E-state index is -3.85. The number of thioether (sulfide) groups is 1. The maximum atomic E-state index is 12.4. The van der Waals surface area contributed by atoms with Crippen molar-refractivity contribution >= 4 is 33.4 Å². The predicted molar refractivity (Wildman–Crippen MR) is 115 cm³/mol. The summed E-state index contributed by atoms with van der Waals surface area (Å²) in [6.07, 6.45) is 3.55. The quantitative estimate of drug-likeness (QED) is 0.584. The number of benzene rings is 2. The summed E-state index contributed by atoms with van der Waals surface area (Å²) in [7, 11) is -3.85. The second-order valence-corrected chi connectivity index (χ2v) is 9.20. The third-order valence-corrected chi connectivity index (χ3v) is 6.35. The standard InChI is InChI=1S/C20H22N4O3S2/c1-13-4-7-17(15(3)10-13)24-9-8-22-20(24)28-12-19(25)23-16-6-5-14(2)18(11-16)29(21,26)27/h4-11H,12H2,1-3H3,(H,23,25)(H2,21,26,27). The van der Waals surface area contributed by atoms with Crippen LogP contribution in [-0.2, 0) is 14.8 Å². The van der Waals surface area contributed by atoms with Crippen molar-refractivity contribution < 1.29 is 13.2 Å². The van der Waals surface area contributed by atoms with Crippen LogP contribution in [0.1, 0.15) is 16.7 Å². The van der Waals surface area contributed by atoms with Gasteiger partial charge in [-0.05, 0) is 50.1 Å². The SMILES string of the molecule is Cc1ccc(-n2ccnc2SCC(=O)Nc2ccc(C)c(S(N)(=O)=O)c2)c(C)c1. The molecule has 152 valence electrons. The largest absolute Gasteiger partial charge is 0.325 e. The molecule has 2 aromatic carbocycles. The summed E-state index contributed by atoms with van der Waals surface area (Å²) in [6.45, 7) is 5.72. The first-order chi connectivity index (χ1) is 13.6. The monoisotopic (exact) mass is 430 g/mol. The van der Waals surface area contributed by atoms with Gasteiger partial charge in [0.05, 0.1) is 16.3 Å². The third-order valence-electron chi connectivity index (χ3n) is 4.33. The first-order valence-corrected chi connectivity index (χ1v) is 11.4. The van der Waals surface area contributed by atoms with Crippen molar-refractivity contribution in [2.45, 2.75) is 30.8 Å². The first-order valence-electron chi connectivity index (χ1n) is 8.82. The minimum absolute atomic E-state index is 0.00616. The summed E-state index contributed by atoms with van der Waals surface area (Å²) in [5.41, 5.74) is 4.20. The summed E-state index contributed by atoms with van der Waals surface area (Å²) >= 11 is 1.30. The van der Waals surface area contributed by atoms with Crippen molar-refractivity contribution in [2.24, 2.45) is 5.14 Å². The Labute approximate surface area is 174 Å². The average Bonchev–Trinajstić information content (AvgIpc) is 3.09. The number of hydrogen-bond acceptors (Lipinski definition) is 5. The number of aromatic nitrogens is 2. The molecule has 0 atom stereocenters. The zero-order chi connectivity index (χ0) is 21.2. The molecule has 0 saturated heterocycles. The molecule has 29 heavy (non-hydrogen) atoms. The maximum absolute atomic E-state index is 12.4. The van der Waals surface area contributed by atoms with Gasteiger partial charge in [0.2, 0.25) is 15.9 Å². The Balaban J connectivity index is 1.71. The Kier molecular flexibility index (Phi) is 6.11. The number of sulfonamides is 1. The van der Waals surface area contributed by atoms with E-state index in [9.17, 15) is 13.2 Å². The van der Waals surface area contributed by atoms with Crippen LogP contribution in [0.5, 0.6) is 0 Å². The highest BCUT2D eigenvalue weighted by atomic mass is 32.2. The molecule has 0 radical (unpaired) electrons. The molecule has 3 aromatic rings. The number of carbonyl (C=O) groups excluding carboxylic acids is 1. The van der Waals surface area contributed by atoms with Crippen molar-refractivity contribution in [1.82, 2.24) is 9.55 Å². The summed E-state index contributed by atoms with van der Waals surface area (Å²) in [5.74, 6) is -0.144. The van der Waals surface area contributed by atoms with Gasteiger partial charge in [-0.25, -0.2) is 18.5 Å². The van der Waals surface area contributed by atoms with Crippen LogP contribution >= 0.6 is 11.8 Å². The third kappa shape index (κ3) is 5.06. The molecule has 0 aliphatic heterocycles. The molecule has 1 heterocycles.